The Morgan fingerprint density at radius 3 is 2.47 bits per heavy atom. The Morgan fingerprint density at radius 2 is 1.89 bits per heavy atom. The van der Waals surface area contributed by atoms with Gasteiger partial charge < -0.3 is 10.4 Å². The Bertz CT molecular complexity index is 660. The van der Waals surface area contributed by atoms with E-state index in [1.165, 1.54) is 36.4 Å². The van der Waals surface area contributed by atoms with E-state index in [9.17, 15) is 4.79 Å². The second kappa shape index (κ2) is 5.42. The van der Waals surface area contributed by atoms with Gasteiger partial charge in [0.15, 0.2) is 0 Å². The normalized spacial score (nSPS) is 9.68. The summed E-state index contributed by atoms with van der Waals surface area (Å²) in [4.78, 5) is 11.9. The van der Waals surface area contributed by atoms with Crippen LogP contribution in [0, 0.1) is 11.3 Å². The van der Waals surface area contributed by atoms with Crippen LogP contribution in [0.15, 0.2) is 42.5 Å². The molecule has 0 aromatic heterocycles. The van der Waals surface area contributed by atoms with Crippen LogP contribution >= 0.6 is 11.6 Å². The van der Waals surface area contributed by atoms with Gasteiger partial charge in [0.2, 0.25) is 0 Å². The summed E-state index contributed by atoms with van der Waals surface area (Å²) in [5.41, 5.74) is 1.27. The lowest BCUT2D eigenvalue weighted by Gasteiger charge is -2.06. The molecular formula is C14H9ClN2O2. The Kier molecular flexibility index (Phi) is 3.69. The van der Waals surface area contributed by atoms with E-state index < -0.39 is 0 Å². The molecule has 2 aromatic rings. The molecule has 19 heavy (non-hydrogen) atoms. The maximum absolute atomic E-state index is 11.9. The van der Waals surface area contributed by atoms with E-state index in [0.717, 1.165) is 0 Å². The van der Waals surface area contributed by atoms with Gasteiger partial charge in [-0.15, -0.1) is 0 Å². The number of hydrogen-bond acceptors (Lipinski definition) is 3. The smallest absolute Gasteiger partial charge is 0.255 e. The number of nitrogens with one attached hydrogen (secondary N) is 1. The number of carbonyl (C=O) groups is 1. The molecule has 94 valence electrons. The number of aromatic hydroxyl groups is 1. The first-order valence-corrected chi connectivity index (χ1v) is 5.78. The van der Waals surface area contributed by atoms with Crippen molar-refractivity contribution in [3.8, 4) is 11.8 Å². The molecule has 0 aliphatic carbocycles. The minimum Gasteiger partial charge on any atom is -0.508 e. The summed E-state index contributed by atoms with van der Waals surface area (Å²) in [7, 11) is 0. The van der Waals surface area contributed by atoms with E-state index >= 15 is 0 Å². The lowest BCUT2D eigenvalue weighted by Crippen LogP contribution is -2.11. The van der Waals surface area contributed by atoms with Crippen molar-refractivity contribution >= 4 is 23.2 Å². The van der Waals surface area contributed by atoms with Gasteiger partial charge in [0, 0.05) is 11.3 Å². The molecule has 0 radical (unpaired) electrons. The lowest BCUT2D eigenvalue weighted by molar-refractivity contribution is 0.102. The first kappa shape index (κ1) is 12.9. The van der Waals surface area contributed by atoms with Crippen LogP contribution < -0.4 is 5.32 Å². The number of rotatable bonds is 2. The molecule has 0 bridgehead atoms. The number of nitriles is 1. The third-order valence-electron chi connectivity index (χ3n) is 2.48. The monoisotopic (exact) mass is 272 g/mol. The van der Waals surface area contributed by atoms with Crippen LogP contribution in [-0.4, -0.2) is 11.0 Å². The highest BCUT2D eigenvalue weighted by Gasteiger charge is 2.07. The van der Waals surface area contributed by atoms with E-state index in [1.54, 1.807) is 6.07 Å². The number of nitrogens with zero attached hydrogens (tertiary/aromatic N) is 1. The number of phenolic OH excluding ortho intramolecular Hbond substituents is 1. The Balaban J connectivity index is 2.17. The summed E-state index contributed by atoms with van der Waals surface area (Å²) in [5, 5.41) is 20.8. The number of benzene rings is 2. The van der Waals surface area contributed by atoms with Gasteiger partial charge in [-0.05, 0) is 42.5 Å². The fourth-order valence-electron chi connectivity index (χ4n) is 1.50. The predicted octanol–water partition coefficient (Wildman–Crippen LogP) is 3.17. The zero-order valence-electron chi connectivity index (χ0n) is 9.72. The number of anilines is 1. The molecule has 1 amide bonds. The minimum absolute atomic E-state index is 0.0953. The van der Waals surface area contributed by atoms with Crippen molar-refractivity contribution in [1.29, 1.82) is 5.26 Å². The van der Waals surface area contributed by atoms with Crippen molar-refractivity contribution in [2.24, 2.45) is 0 Å². The fraction of sp³-hybridized carbons (Fsp3) is 0. The molecule has 0 saturated carbocycles. The predicted molar refractivity (Wildman–Crippen MR) is 72.2 cm³/mol. The summed E-state index contributed by atoms with van der Waals surface area (Å²) in [6.45, 7) is 0. The first-order chi connectivity index (χ1) is 9.10. The molecular weight excluding hydrogens is 264 g/mol. The highest BCUT2D eigenvalue weighted by Crippen LogP contribution is 2.21. The molecule has 4 nitrogen and oxygen atoms in total. The van der Waals surface area contributed by atoms with Gasteiger partial charge in [-0.3, -0.25) is 4.79 Å². The van der Waals surface area contributed by atoms with Crippen molar-refractivity contribution in [3.63, 3.8) is 0 Å². The quantitative estimate of drug-likeness (QED) is 0.882. The molecule has 0 heterocycles. The second-order valence-corrected chi connectivity index (χ2v) is 4.21. The maximum atomic E-state index is 11.9. The van der Waals surface area contributed by atoms with E-state index in [-0.39, 0.29) is 16.7 Å². The van der Waals surface area contributed by atoms with Gasteiger partial charge in [0.25, 0.3) is 5.91 Å². The molecule has 2 aromatic carbocycles. The lowest BCUT2D eigenvalue weighted by atomic mass is 10.2. The van der Waals surface area contributed by atoms with Crippen molar-refractivity contribution < 1.29 is 9.90 Å². The third-order valence-corrected chi connectivity index (χ3v) is 2.79. The third kappa shape index (κ3) is 3.03. The van der Waals surface area contributed by atoms with E-state index in [0.29, 0.717) is 16.8 Å². The molecule has 2 rings (SSSR count). The van der Waals surface area contributed by atoms with Gasteiger partial charge in [-0.1, -0.05) is 11.6 Å². The molecule has 0 spiro atoms. The summed E-state index contributed by atoms with van der Waals surface area (Å²) in [6, 6.07) is 12.5. The summed E-state index contributed by atoms with van der Waals surface area (Å²) in [6.07, 6.45) is 0. The maximum Gasteiger partial charge on any atom is 0.255 e. The summed E-state index contributed by atoms with van der Waals surface area (Å²) in [5.74, 6) is -0.223. The van der Waals surface area contributed by atoms with Crippen molar-refractivity contribution in [1.82, 2.24) is 0 Å². The number of carbonyl (C=O) groups excluding carboxylic acids is 1. The molecule has 0 fully saturated rings. The number of hydrogen-bond donors (Lipinski definition) is 2. The molecule has 2 N–H and O–H groups in total. The molecule has 0 aliphatic rings. The zero-order chi connectivity index (χ0) is 13.8. The zero-order valence-corrected chi connectivity index (χ0v) is 10.5. The molecule has 0 aliphatic heterocycles. The largest absolute Gasteiger partial charge is 0.508 e. The SMILES string of the molecule is N#Cc1ccc(NC(=O)c2ccc(O)cc2)cc1Cl. The first-order valence-electron chi connectivity index (χ1n) is 5.40. The van der Waals surface area contributed by atoms with Crippen LogP contribution in [-0.2, 0) is 0 Å². The van der Waals surface area contributed by atoms with Crippen LogP contribution in [0.4, 0.5) is 5.69 Å². The van der Waals surface area contributed by atoms with Crippen LogP contribution in [0.3, 0.4) is 0 Å². The van der Waals surface area contributed by atoms with Crippen molar-refractivity contribution in [2.45, 2.75) is 0 Å². The molecule has 0 atom stereocenters. The van der Waals surface area contributed by atoms with Gasteiger partial charge in [0.1, 0.15) is 11.8 Å². The molecule has 0 unspecified atom stereocenters. The van der Waals surface area contributed by atoms with Crippen molar-refractivity contribution in [2.75, 3.05) is 5.32 Å². The standard InChI is InChI=1S/C14H9ClN2O2/c15-13-7-11(4-1-10(13)8-16)17-14(19)9-2-5-12(18)6-3-9/h1-7,18H,(H,17,19). The summed E-state index contributed by atoms with van der Waals surface area (Å²) < 4.78 is 0. The Morgan fingerprint density at radius 1 is 1.21 bits per heavy atom. The van der Waals surface area contributed by atoms with Gasteiger partial charge in [-0.2, -0.15) is 5.26 Å². The minimum atomic E-state index is -0.319. The topological polar surface area (TPSA) is 73.1 Å². The average molecular weight is 273 g/mol. The van der Waals surface area contributed by atoms with Gasteiger partial charge in [-0.25, -0.2) is 0 Å². The van der Waals surface area contributed by atoms with E-state index in [2.05, 4.69) is 5.32 Å². The highest BCUT2D eigenvalue weighted by atomic mass is 35.5. The summed E-state index contributed by atoms with van der Waals surface area (Å²) >= 11 is 5.87. The van der Waals surface area contributed by atoms with Crippen LogP contribution in [0.5, 0.6) is 5.75 Å². The van der Waals surface area contributed by atoms with E-state index in [4.69, 9.17) is 22.0 Å². The van der Waals surface area contributed by atoms with Crippen LogP contribution in [0.1, 0.15) is 15.9 Å². The second-order valence-electron chi connectivity index (χ2n) is 3.81. The Labute approximate surface area is 114 Å². The van der Waals surface area contributed by atoms with Crippen LogP contribution in [0.2, 0.25) is 5.02 Å². The fourth-order valence-corrected chi connectivity index (χ4v) is 1.72. The van der Waals surface area contributed by atoms with Crippen LogP contribution in [0.25, 0.3) is 0 Å². The number of halogens is 1. The number of phenols is 1. The van der Waals surface area contributed by atoms with Gasteiger partial charge in [0.05, 0.1) is 10.6 Å². The highest BCUT2D eigenvalue weighted by molar-refractivity contribution is 6.32. The average Bonchev–Trinajstić information content (AvgIpc) is 2.39. The van der Waals surface area contributed by atoms with Crippen molar-refractivity contribution in [3.05, 3.63) is 58.6 Å². The number of amides is 1. The molecule has 5 heteroatoms. The van der Waals surface area contributed by atoms with E-state index in [1.807, 2.05) is 6.07 Å². The van der Waals surface area contributed by atoms with Gasteiger partial charge >= 0.3 is 0 Å². The molecule has 0 saturated heterocycles. The Hall–Kier alpha value is -2.51.